The predicted octanol–water partition coefficient (Wildman–Crippen LogP) is 2.96. The van der Waals surface area contributed by atoms with E-state index in [9.17, 15) is 8.42 Å². The molecule has 12 nitrogen and oxygen atoms in total. The van der Waals surface area contributed by atoms with E-state index in [0.717, 1.165) is 0 Å². The predicted molar refractivity (Wildman–Crippen MR) is 136 cm³/mol. The summed E-state index contributed by atoms with van der Waals surface area (Å²) in [5, 5.41) is 7.37. The van der Waals surface area contributed by atoms with E-state index >= 15 is 0 Å². The zero-order valence-electron chi connectivity index (χ0n) is 21.0. The summed E-state index contributed by atoms with van der Waals surface area (Å²) in [5.74, 6) is 1.09. The smallest absolute Gasteiger partial charge is 0.243 e. The fourth-order valence-electron chi connectivity index (χ4n) is 3.78. The standard InChI is InChI=1S/C24H27N7O5S/c1-15-12-27-18(14-26-15)22(36-5)16(2)37(32,33)30-24-29-28-23(17-8-7-11-25-13-17)31(24)21-19(34-3)9-6-10-20(21)35-4/h6-14,16,22H,1-5H3,(H,29,30). The van der Waals surface area contributed by atoms with Gasteiger partial charge in [-0.3, -0.25) is 24.2 Å². The third-order valence-electron chi connectivity index (χ3n) is 5.70. The van der Waals surface area contributed by atoms with Crippen molar-refractivity contribution in [3.8, 4) is 28.6 Å². The Balaban J connectivity index is 1.83. The van der Waals surface area contributed by atoms with E-state index < -0.39 is 21.4 Å². The molecule has 2 unspecified atom stereocenters. The highest BCUT2D eigenvalue weighted by Crippen LogP contribution is 2.38. The van der Waals surface area contributed by atoms with Crippen LogP contribution in [0.25, 0.3) is 17.1 Å². The summed E-state index contributed by atoms with van der Waals surface area (Å²) in [7, 11) is 0.341. The van der Waals surface area contributed by atoms with Crippen LogP contribution in [-0.4, -0.2) is 64.7 Å². The second-order valence-electron chi connectivity index (χ2n) is 8.03. The molecule has 0 saturated carbocycles. The Kier molecular flexibility index (Phi) is 7.64. The van der Waals surface area contributed by atoms with Gasteiger partial charge in [0, 0.05) is 31.3 Å². The van der Waals surface area contributed by atoms with E-state index in [2.05, 4.69) is 29.9 Å². The first-order valence-corrected chi connectivity index (χ1v) is 12.8. The van der Waals surface area contributed by atoms with Crippen LogP contribution in [0, 0.1) is 6.92 Å². The van der Waals surface area contributed by atoms with Crippen molar-refractivity contribution in [3.63, 3.8) is 0 Å². The maximum atomic E-state index is 13.6. The minimum absolute atomic E-state index is 0.0710. The average Bonchev–Trinajstić information content (AvgIpc) is 3.32. The molecule has 1 N–H and O–H groups in total. The van der Waals surface area contributed by atoms with Crippen molar-refractivity contribution in [2.45, 2.75) is 25.2 Å². The molecule has 0 saturated heterocycles. The van der Waals surface area contributed by atoms with Crippen LogP contribution >= 0.6 is 0 Å². The van der Waals surface area contributed by atoms with Crippen molar-refractivity contribution in [3.05, 3.63) is 66.5 Å². The number of anilines is 1. The Bertz CT molecular complexity index is 1440. The molecular formula is C24H27N7O5S. The van der Waals surface area contributed by atoms with Gasteiger partial charge in [0.05, 0.1) is 31.8 Å². The summed E-state index contributed by atoms with van der Waals surface area (Å²) in [5.41, 5.74) is 2.10. The molecule has 2 atom stereocenters. The van der Waals surface area contributed by atoms with Crippen molar-refractivity contribution < 1.29 is 22.6 Å². The van der Waals surface area contributed by atoms with Gasteiger partial charge in [0.15, 0.2) is 5.82 Å². The van der Waals surface area contributed by atoms with E-state index in [0.29, 0.717) is 40.0 Å². The first kappa shape index (κ1) is 26.0. The topological polar surface area (TPSA) is 143 Å². The third-order valence-corrected chi connectivity index (χ3v) is 7.40. The Morgan fingerprint density at radius 3 is 2.24 bits per heavy atom. The first-order valence-electron chi connectivity index (χ1n) is 11.2. The summed E-state index contributed by atoms with van der Waals surface area (Å²) in [6.45, 7) is 3.31. The van der Waals surface area contributed by atoms with E-state index in [1.165, 1.54) is 39.0 Å². The Hall–Kier alpha value is -4.10. The number of hydrogen-bond acceptors (Lipinski definition) is 10. The molecule has 194 valence electrons. The van der Waals surface area contributed by atoms with Crippen molar-refractivity contribution in [2.75, 3.05) is 26.1 Å². The lowest BCUT2D eigenvalue weighted by molar-refractivity contribution is 0.0985. The van der Waals surface area contributed by atoms with Crippen molar-refractivity contribution >= 4 is 16.0 Å². The minimum atomic E-state index is -4.08. The Labute approximate surface area is 214 Å². The molecule has 0 fully saturated rings. The number of ether oxygens (including phenoxy) is 3. The molecular weight excluding hydrogens is 498 g/mol. The van der Waals surface area contributed by atoms with Gasteiger partial charge in [-0.15, -0.1) is 10.2 Å². The number of nitrogens with zero attached hydrogens (tertiary/aromatic N) is 6. The summed E-state index contributed by atoms with van der Waals surface area (Å²) in [6, 6.07) is 8.73. The molecule has 0 aliphatic rings. The molecule has 0 radical (unpaired) electrons. The highest BCUT2D eigenvalue weighted by Gasteiger charge is 2.34. The van der Waals surface area contributed by atoms with Gasteiger partial charge < -0.3 is 14.2 Å². The minimum Gasteiger partial charge on any atom is -0.494 e. The molecule has 0 bridgehead atoms. The second kappa shape index (κ2) is 10.9. The highest BCUT2D eigenvalue weighted by atomic mass is 32.2. The molecule has 0 aliphatic carbocycles. The molecule has 3 aromatic heterocycles. The van der Waals surface area contributed by atoms with Crippen molar-refractivity contribution in [2.24, 2.45) is 0 Å². The molecule has 0 amide bonds. The molecule has 0 spiro atoms. The monoisotopic (exact) mass is 525 g/mol. The van der Waals surface area contributed by atoms with Gasteiger partial charge in [-0.2, -0.15) is 0 Å². The maximum Gasteiger partial charge on any atom is 0.243 e. The van der Waals surface area contributed by atoms with Crippen LogP contribution in [0.3, 0.4) is 0 Å². The largest absolute Gasteiger partial charge is 0.494 e. The number of rotatable bonds is 10. The van der Waals surface area contributed by atoms with Gasteiger partial charge in [-0.25, -0.2) is 8.42 Å². The zero-order chi connectivity index (χ0) is 26.6. The lowest BCUT2D eigenvalue weighted by Crippen LogP contribution is -2.33. The maximum absolute atomic E-state index is 13.6. The molecule has 37 heavy (non-hydrogen) atoms. The first-order chi connectivity index (χ1) is 17.8. The number of hydrogen-bond donors (Lipinski definition) is 1. The molecule has 4 aromatic rings. The van der Waals surface area contributed by atoms with Crippen LogP contribution in [0.1, 0.15) is 24.4 Å². The quantitative estimate of drug-likeness (QED) is 0.328. The third kappa shape index (κ3) is 5.22. The fraction of sp³-hybridized carbons (Fsp3) is 0.292. The number of methoxy groups -OCH3 is 3. The molecule has 4 rings (SSSR count). The van der Waals surface area contributed by atoms with Gasteiger partial charge in [0.1, 0.15) is 28.5 Å². The van der Waals surface area contributed by atoms with Crippen LogP contribution in [0.5, 0.6) is 11.5 Å². The van der Waals surface area contributed by atoms with Crippen LogP contribution in [0.2, 0.25) is 0 Å². The highest BCUT2D eigenvalue weighted by molar-refractivity contribution is 7.93. The molecule has 13 heteroatoms. The summed E-state index contributed by atoms with van der Waals surface area (Å²) in [4.78, 5) is 12.7. The van der Waals surface area contributed by atoms with Gasteiger partial charge in [-0.05, 0) is 38.1 Å². The van der Waals surface area contributed by atoms with Gasteiger partial charge >= 0.3 is 0 Å². The molecule has 3 heterocycles. The van der Waals surface area contributed by atoms with Gasteiger partial charge in [0.25, 0.3) is 0 Å². The number of aryl methyl sites for hydroxylation is 1. The number of para-hydroxylation sites is 1. The van der Waals surface area contributed by atoms with Crippen LogP contribution < -0.4 is 14.2 Å². The number of sulfonamides is 1. The Morgan fingerprint density at radius 2 is 1.68 bits per heavy atom. The summed E-state index contributed by atoms with van der Waals surface area (Å²) < 4.78 is 47.9. The van der Waals surface area contributed by atoms with Crippen LogP contribution in [0.15, 0.2) is 55.1 Å². The normalized spacial score (nSPS) is 13.1. The van der Waals surface area contributed by atoms with Crippen LogP contribution in [-0.2, 0) is 14.8 Å². The van der Waals surface area contributed by atoms with E-state index in [1.807, 2.05) is 0 Å². The van der Waals surface area contributed by atoms with E-state index in [-0.39, 0.29) is 5.95 Å². The number of nitrogens with one attached hydrogen (secondary N) is 1. The number of aromatic nitrogens is 6. The summed E-state index contributed by atoms with van der Waals surface area (Å²) in [6.07, 6.45) is 5.38. The van der Waals surface area contributed by atoms with Crippen LogP contribution in [0.4, 0.5) is 5.95 Å². The second-order valence-corrected chi connectivity index (χ2v) is 10.1. The van der Waals surface area contributed by atoms with E-state index in [4.69, 9.17) is 14.2 Å². The average molecular weight is 526 g/mol. The van der Waals surface area contributed by atoms with Crippen molar-refractivity contribution in [1.82, 2.24) is 29.7 Å². The van der Waals surface area contributed by atoms with Crippen molar-refractivity contribution in [1.29, 1.82) is 0 Å². The number of benzene rings is 1. The number of pyridine rings is 1. The SMILES string of the molecule is COc1cccc(OC)c1-n1c(NS(=O)(=O)C(C)C(OC)c2cnc(C)cn2)nnc1-c1cccnc1. The lowest BCUT2D eigenvalue weighted by Gasteiger charge is -2.23. The van der Waals surface area contributed by atoms with E-state index in [1.54, 1.807) is 55.8 Å². The fourth-order valence-corrected chi connectivity index (χ4v) is 4.93. The summed E-state index contributed by atoms with van der Waals surface area (Å²) >= 11 is 0. The lowest BCUT2D eigenvalue weighted by atomic mass is 10.2. The van der Waals surface area contributed by atoms with Gasteiger partial charge in [-0.1, -0.05) is 6.07 Å². The molecule has 0 aliphatic heterocycles. The Morgan fingerprint density at radius 1 is 0.946 bits per heavy atom. The van der Waals surface area contributed by atoms with Gasteiger partial charge in [0.2, 0.25) is 16.0 Å². The molecule has 1 aromatic carbocycles. The zero-order valence-corrected chi connectivity index (χ0v) is 21.8.